The van der Waals surface area contributed by atoms with Gasteiger partial charge in [-0.2, -0.15) is 0 Å². The molecule has 2 aromatic rings. The lowest BCUT2D eigenvalue weighted by Gasteiger charge is -2.14. The maximum absolute atomic E-state index is 13.7. The maximum atomic E-state index is 13.7. The molecule has 0 spiro atoms. The van der Waals surface area contributed by atoms with Crippen LogP contribution in [0.5, 0.6) is 11.5 Å². The van der Waals surface area contributed by atoms with Gasteiger partial charge in [0.2, 0.25) is 0 Å². The third-order valence-corrected chi connectivity index (χ3v) is 3.07. The first kappa shape index (κ1) is 14.0. The van der Waals surface area contributed by atoms with Gasteiger partial charge in [-0.15, -0.1) is 0 Å². The summed E-state index contributed by atoms with van der Waals surface area (Å²) in [5.41, 5.74) is 6.24. The molecule has 0 amide bonds. The summed E-state index contributed by atoms with van der Waals surface area (Å²) in [5.74, 6) is -0.500. The Bertz CT molecular complexity index is 602. The highest BCUT2D eigenvalue weighted by Gasteiger charge is 2.12. The van der Waals surface area contributed by atoms with Crippen LogP contribution in [0.4, 0.5) is 8.78 Å². The first-order chi connectivity index (χ1) is 8.97. The van der Waals surface area contributed by atoms with Crippen molar-refractivity contribution in [3.8, 4) is 11.5 Å². The highest BCUT2D eigenvalue weighted by molar-refractivity contribution is 9.10. The summed E-state index contributed by atoms with van der Waals surface area (Å²) in [5, 5.41) is 0. The van der Waals surface area contributed by atoms with Crippen LogP contribution in [0.15, 0.2) is 40.9 Å². The fourth-order valence-corrected chi connectivity index (χ4v) is 1.98. The Morgan fingerprint density at radius 1 is 1.11 bits per heavy atom. The van der Waals surface area contributed by atoms with E-state index >= 15 is 0 Å². The van der Waals surface area contributed by atoms with Crippen molar-refractivity contribution in [3.63, 3.8) is 0 Å². The van der Waals surface area contributed by atoms with Crippen LogP contribution in [-0.2, 0) is 0 Å². The molecule has 0 aliphatic heterocycles. The Balaban J connectivity index is 2.38. The monoisotopic (exact) mass is 327 g/mol. The Morgan fingerprint density at radius 3 is 2.42 bits per heavy atom. The highest BCUT2D eigenvalue weighted by atomic mass is 79.9. The van der Waals surface area contributed by atoms with E-state index in [9.17, 15) is 8.78 Å². The van der Waals surface area contributed by atoms with Crippen LogP contribution in [0.3, 0.4) is 0 Å². The first-order valence-corrected chi connectivity index (χ1v) is 6.44. The standard InChI is InChI=1S/C14H12BrF2NO/c1-8(18)11-7-10(16)3-5-13(11)19-14-4-2-9(15)6-12(14)17/h2-8H,18H2,1H3/t8-/m0/s1. The van der Waals surface area contributed by atoms with Crippen LogP contribution >= 0.6 is 15.9 Å². The second kappa shape index (κ2) is 5.67. The number of rotatable bonds is 3. The van der Waals surface area contributed by atoms with E-state index in [0.717, 1.165) is 0 Å². The van der Waals surface area contributed by atoms with Crippen molar-refractivity contribution in [1.82, 2.24) is 0 Å². The molecule has 5 heteroatoms. The molecule has 2 N–H and O–H groups in total. The zero-order valence-corrected chi connectivity index (χ0v) is 11.7. The molecule has 0 saturated carbocycles. The normalized spacial score (nSPS) is 12.3. The highest BCUT2D eigenvalue weighted by Crippen LogP contribution is 2.31. The van der Waals surface area contributed by atoms with Crippen molar-refractivity contribution < 1.29 is 13.5 Å². The predicted octanol–water partition coefficient (Wildman–Crippen LogP) is 4.54. The molecule has 0 bridgehead atoms. The summed E-state index contributed by atoms with van der Waals surface area (Å²) >= 11 is 3.16. The number of ether oxygens (including phenoxy) is 1. The van der Waals surface area contributed by atoms with Crippen LogP contribution in [-0.4, -0.2) is 0 Å². The fraction of sp³-hybridized carbons (Fsp3) is 0.143. The van der Waals surface area contributed by atoms with Gasteiger partial charge in [-0.3, -0.25) is 0 Å². The van der Waals surface area contributed by atoms with Gasteiger partial charge >= 0.3 is 0 Å². The molecular formula is C14H12BrF2NO. The van der Waals surface area contributed by atoms with E-state index in [0.29, 0.717) is 15.8 Å². The molecule has 100 valence electrons. The number of nitrogens with two attached hydrogens (primary N) is 1. The lowest BCUT2D eigenvalue weighted by atomic mass is 10.1. The van der Waals surface area contributed by atoms with Gasteiger partial charge in [0.1, 0.15) is 11.6 Å². The summed E-state index contributed by atoms with van der Waals surface area (Å²) in [6.45, 7) is 1.71. The smallest absolute Gasteiger partial charge is 0.166 e. The average molecular weight is 328 g/mol. The minimum Gasteiger partial charge on any atom is -0.454 e. The largest absolute Gasteiger partial charge is 0.454 e. The molecule has 1 atom stereocenters. The maximum Gasteiger partial charge on any atom is 0.166 e. The summed E-state index contributed by atoms with van der Waals surface area (Å²) in [7, 11) is 0. The predicted molar refractivity (Wildman–Crippen MR) is 73.2 cm³/mol. The summed E-state index contributed by atoms with van der Waals surface area (Å²) < 4.78 is 33.0. The zero-order valence-electron chi connectivity index (χ0n) is 10.2. The number of hydrogen-bond acceptors (Lipinski definition) is 2. The van der Waals surface area contributed by atoms with Crippen LogP contribution in [0, 0.1) is 11.6 Å². The zero-order chi connectivity index (χ0) is 14.0. The number of benzene rings is 2. The van der Waals surface area contributed by atoms with Crippen LogP contribution in [0.25, 0.3) is 0 Å². The van der Waals surface area contributed by atoms with E-state index in [-0.39, 0.29) is 5.75 Å². The Labute approximate surface area is 118 Å². The molecule has 0 aromatic heterocycles. The van der Waals surface area contributed by atoms with Gasteiger partial charge in [-0.1, -0.05) is 15.9 Å². The SMILES string of the molecule is C[C@H](N)c1cc(F)ccc1Oc1ccc(Br)cc1F. The molecule has 0 aliphatic rings. The minimum absolute atomic E-state index is 0.0664. The van der Waals surface area contributed by atoms with Gasteiger partial charge in [0.25, 0.3) is 0 Å². The third-order valence-electron chi connectivity index (χ3n) is 2.58. The van der Waals surface area contributed by atoms with Crippen molar-refractivity contribution in [2.75, 3.05) is 0 Å². The van der Waals surface area contributed by atoms with E-state index in [4.69, 9.17) is 10.5 Å². The van der Waals surface area contributed by atoms with Crippen molar-refractivity contribution in [2.24, 2.45) is 5.73 Å². The molecule has 0 unspecified atom stereocenters. The average Bonchev–Trinajstić information content (AvgIpc) is 2.34. The number of hydrogen-bond donors (Lipinski definition) is 1. The molecule has 0 aliphatic carbocycles. The van der Waals surface area contributed by atoms with Gasteiger partial charge in [0.15, 0.2) is 11.6 Å². The summed E-state index contributed by atoms with van der Waals surface area (Å²) in [6, 6.07) is 8.01. The third kappa shape index (κ3) is 3.30. The van der Waals surface area contributed by atoms with E-state index in [1.807, 2.05) is 0 Å². The van der Waals surface area contributed by atoms with E-state index in [2.05, 4.69) is 15.9 Å². The number of halogens is 3. The van der Waals surface area contributed by atoms with Crippen LogP contribution in [0.2, 0.25) is 0 Å². The molecule has 2 rings (SSSR count). The summed E-state index contributed by atoms with van der Waals surface area (Å²) in [6.07, 6.45) is 0. The van der Waals surface area contributed by atoms with Gasteiger partial charge in [-0.25, -0.2) is 8.78 Å². The van der Waals surface area contributed by atoms with E-state index in [1.54, 1.807) is 13.0 Å². The summed E-state index contributed by atoms with van der Waals surface area (Å²) in [4.78, 5) is 0. The lowest BCUT2D eigenvalue weighted by molar-refractivity contribution is 0.433. The second-order valence-corrected chi connectivity index (χ2v) is 5.06. The van der Waals surface area contributed by atoms with Crippen LogP contribution < -0.4 is 10.5 Å². The van der Waals surface area contributed by atoms with Gasteiger partial charge in [0, 0.05) is 16.1 Å². The molecular weight excluding hydrogens is 316 g/mol. The van der Waals surface area contributed by atoms with Crippen molar-refractivity contribution in [1.29, 1.82) is 0 Å². The Hall–Kier alpha value is -1.46. The molecule has 0 fully saturated rings. The topological polar surface area (TPSA) is 35.2 Å². The molecule has 2 aromatic carbocycles. The van der Waals surface area contributed by atoms with Gasteiger partial charge < -0.3 is 10.5 Å². The molecule has 0 heterocycles. The molecule has 19 heavy (non-hydrogen) atoms. The van der Waals surface area contributed by atoms with E-state index in [1.165, 1.54) is 30.3 Å². The molecule has 2 nitrogen and oxygen atoms in total. The van der Waals surface area contributed by atoms with Crippen molar-refractivity contribution in [2.45, 2.75) is 13.0 Å². The van der Waals surface area contributed by atoms with Gasteiger partial charge in [0.05, 0.1) is 0 Å². The van der Waals surface area contributed by atoms with Gasteiger partial charge in [-0.05, 0) is 43.3 Å². The Morgan fingerprint density at radius 2 is 1.79 bits per heavy atom. The first-order valence-electron chi connectivity index (χ1n) is 5.65. The molecule has 0 radical (unpaired) electrons. The van der Waals surface area contributed by atoms with Crippen molar-refractivity contribution >= 4 is 15.9 Å². The fourth-order valence-electron chi connectivity index (χ4n) is 1.64. The Kier molecular flexibility index (Phi) is 4.17. The second-order valence-electron chi connectivity index (χ2n) is 4.15. The van der Waals surface area contributed by atoms with E-state index < -0.39 is 17.7 Å². The van der Waals surface area contributed by atoms with Crippen molar-refractivity contribution in [3.05, 3.63) is 58.1 Å². The quantitative estimate of drug-likeness (QED) is 0.898. The minimum atomic E-state index is -0.505. The lowest BCUT2D eigenvalue weighted by Crippen LogP contribution is -2.07. The van der Waals surface area contributed by atoms with Crippen LogP contribution in [0.1, 0.15) is 18.5 Å². The molecule has 0 saturated heterocycles.